The van der Waals surface area contributed by atoms with E-state index in [9.17, 15) is 4.79 Å². The molecule has 4 heteroatoms. The van der Waals surface area contributed by atoms with Gasteiger partial charge in [0.1, 0.15) is 0 Å². The number of carbonyl (C=O) groups is 1. The fourth-order valence-electron chi connectivity index (χ4n) is 1.43. The molecule has 2 rings (SSSR count). The molecular formula is C12H9BrN2O. The third-order valence-corrected chi connectivity index (χ3v) is 3.00. The van der Waals surface area contributed by atoms with Crippen LogP contribution in [0, 0.1) is 0 Å². The molecule has 3 nitrogen and oxygen atoms in total. The Morgan fingerprint density at radius 1 is 1.19 bits per heavy atom. The van der Waals surface area contributed by atoms with Gasteiger partial charge < -0.3 is 5.73 Å². The summed E-state index contributed by atoms with van der Waals surface area (Å²) in [6.45, 7) is 0. The van der Waals surface area contributed by atoms with Crippen molar-refractivity contribution in [3.8, 4) is 11.3 Å². The number of halogens is 1. The summed E-state index contributed by atoms with van der Waals surface area (Å²) in [6.07, 6.45) is 1.58. The van der Waals surface area contributed by atoms with Gasteiger partial charge in [-0.05, 0) is 22.0 Å². The highest BCUT2D eigenvalue weighted by atomic mass is 79.9. The second kappa shape index (κ2) is 4.45. The maximum atomic E-state index is 11.2. The summed E-state index contributed by atoms with van der Waals surface area (Å²) >= 11 is 3.36. The summed E-state index contributed by atoms with van der Waals surface area (Å²) in [4.78, 5) is 15.4. The van der Waals surface area contributed by atoms with Gasteiger partial charge in [0.2, 0.25) is 5.91 Å². The third-order valence-electron chi connectivity index (χ3n) is 2.20. The number of aromatic nitrogens is 1. The summed E-state index contributed by atoms with van der Waals surface area (Å²) in [6, 6.07) is 11.2. The van der Waals surface area contributed by atoms with Gasteiger partial charge in [-0.2, -0.15) is 0 Å². The lowest BCUT2D eigenvalue weighted by Gasteiger charge is -2.06. The average molecular weight is 277 g/mol. The predicted molar refractivity (Wildman–Crippen MR) is 65.9 cm³/mol. The lowest BCUT2D eigenvalue weighted by molar-refractivity contribution is 0.0999. The largest absolute Gasteiger partial charge is 0.366 e. The van der Waals surface area contributed by atoms with E-state index in [1.54, 1.807) is 12.3 Å². The number of hydrogen-bond donors (Lipinski definition) is 1. The van der Waals surface area contributed by atoms with Crippen LogP contribution in [-0.2, 0) is 0 Å². The van der Waals surface area contributed by atoms with Crippen LogP contribution < -0.4 is 5.73 Å². The quantitative estimate of drug-likeness (QED) is 0.917. The molecule has 0 bridgehead atoms. The number of benzene rings is 1. The summed E-state index contributed by atoms with van der Waals surface area (Å²) in [5.41, 5.74) is 7.37. The third kappa shape index (κ3) is 1.97. The molecule has 16 heavy (non-hydrogen) atoms. The Kier molecular flexibility index (Phi) is 3.01. The molecule has 1 aromatic heterocycles. The molecule has 0 atom stereocenters. The Balaban J connectivity index is 2.59. The van der Waals surface area contributed by atoms with Gasteiger partial charge in [-0.1, -0.05) is 30.3 Å². The monoisotopic (exact) mass is 276 g/mol. The smallest absolute Gasteiger partial charge is 0.249 e. The van der Waals surface area contributed by atoms with Gasteiger partial charge in [0, 0.05) is 11.8 Å². The minimum Gasteiger partial charge on any atom is -0.366 e. The van der Waals surface area contributed by atoms with Crippen molar-refractivity contribution >= 4 is 21.8 Å². The highest BCUT2D eigenvalue weighted by molar-refractivity contribution is 9.10. The van der Waals surface area contributed by atoms with Gasteiger partial charge in [0.05, 0.1) is 15.7 Å². The van der Waals surface area contributed by atoms with Crippen LogP contribution in [0.3, 0.4) is 0 Å². The Bertz CT molecular complexity index is 526. The van der Waals surface area contributed by atoms with E-state index in [-0.39, 0.29) is 0 Å². The van der Waals surface area contributed by atoms with E-state index in [0.29, 0.717) is 10.0 Å². The van der Waals surface area contributed by atoms with Crippen molar-refractivity contribution in [1.82, 2.24) is 4.98 Å². The lowest BCUT2D eigenvalue weighted by Crippen LogP contribution is -2.12. The van der Waals surface area contributed by atoms with Crippen molar-refractivity contribution in [2.75, 3.05) is 0 Å². The lowest BCUT2D eigenvalue weighted by atomic mass is 10.1. The highest BCUT2D eigenvalue weighted by Crippen LogP contribution is 2.28. The van der Waals surface area contributed by atoms with E-state index in [2.05, 4.69) is 20.9 Å². The summed E-state index contributed by atoms with van der Waals surface area (Å²) in [5, 5.41) is 0. The normalized spacial score (nSPS) is 10.1. The van der Waals surface area contributed by atoms with E-state index in [1.165, 1.54) is 0 Å². The Labute approximate surface area is 101 Å². The maximum Gasteiger partial charge on any atom is 0.249 e. The van der Waals surface area contributed by atoms with Crippen LogP contribution in [0.2, 0.25) is 0 Å². The van der Waals surface area contributed by atoms with Gasteiger partial charge >= 0.3 is 0 Å². The molecule has 0 aliphatic heterocycles. The first-order valence-electron chi connectivity index (χ1n) is 4.70. The van der Waals surface area contributed by atoms with Crippen LogP contribution in [0.4, 0.5) is 0 Å². The molecule has 0 aliphatic rings. The van der Waals surface area contributed by atoms with E-state index in [4.69, 9.17) is 5.73 Å². The highest BCUT2D eigenvalue weighted by Gasteiger charge is 2.12. The summed E-state index contributed by atoms with van der Waals surface area (Å²) in [7, 11) is 0. The number of rotatable bonds is 2. The topological polar surface area (TPSA) is 56.0 Å². The molecule has 0 unspecified atom stereocenters. The molecule has 2 N–H and O–H groups in total. The molecule has 0 radical (unpaired) electrons. The number of nitrogens with zero attached hydrogens (tertiary/aromatic N) is 1. The minimum absolute atomic E-state index is 0.439. The number of pyridine rings is 1. The first kappa shape index (κ1) is 10.8. The van der Waals surface area contributed by atoms with Gasteiger partial charge in [-0.3, -0.25) is 9.78 Å². The Morgan fingerprint density at radius 2 is 1.88 bits per heavy atom. The molecule has 1 heterocycles. The second-order valence-electron chi connectivity index (χ2n) is 3.25. The molecular weight excluding hydrogens is 268 g/mol. The Hall–Kier alpha value is -1.68. The molecule has 0 saturated carbocycles. The van der Waals surface area contributed by atoms with Crippen LogP contribution in [0.5, 0.6) is 0 Å². The van der Waals surface area contributed by atoms with E-state index < -0.39 is 5.91 Å². The molecule has 1 amide bonds. The molecule has 0 aliphatic carbocycles. The zero-order chi connectivity index (χ0) is 11.5. The zero-order valence-corrected chi connectivity index (χ0v) is 9.94. The van der Waals surface area contributed by atoms with Crippen molar-refractivity contribution in [2.45, 2.75) is 0 Å². The fraction of sp³-hybridized carbons (Fsp3) is 0. The van der Waals surface area contributed by atoms with E-state index >= 15 is 0 Å². The maximum absolute atomic E-state index is 11.2. The molecule has 1 aromatic carbocycles. The van der Waals surface area contributed by atoms with Gasteiger partial charge in [0.25, 0.3) is 0 Å². The standard InChI is InChI=1S/C12H9BrN2O/c13-10-9(12(14)16)6-7-15-11(10)8-4-2-1-3-5-8/h1-7H,(H2,14,16). The second-order valence-corrected chi connectivity index (χ2v) is 4.04. The molecule has 0 saturated heterocycles. The van der Waals surface area contributed by atoms with Crippen molar-refractivity contribution in [3.63, 3.8) is 0 Å². The zero-order valence-electron chi connectivity index (χ0n) is 8.35. The van der Waals surface area contributed by atoms with Crippen molar-refractivity contribution < 1.29 is 4.79 Å². The van der Waals surface area contributed by atoms with Crippen molar-refractivity contribution in [2.24, 2.45) is 5.73 Å². The molecule has 0 fully saturated rings. The van der Waals surface area contributed by atoms with Crippen LogP contribution in [0.25, 0.3) is 11.3 Å². The molecule has 80 valence electrons. The number of carbonyl (C=O) groups excluding carboxylic acids is 1. The summed E-state index contributed by atoms with van der Waals surface area (Å²) in [5.74, 6) is -0.466. The van der Waals surface area contributed by atoms with Crippen LogP contribution in [0.15, 0.2) is 47.1 Å². The van der Waals surface area contributed by atoms with Crippen LogP contribution in [-0.4, -0.2) is 10.9 Å². The number of primary amides is 1. The van der Waals surface area contributed by atoms with Gasteiger partial charge in [0.15, 0.2) is 0 Å². The molecule has 0 spiro atoms. The van der Waals surface area contributed by atoms with Gasteiger partial charge in [-0.25, -0.2) is 0 Å². The van der Waals surface area contributed by atoms with E-state index in [0.717, 1.165) is 11.3 Å². The SMILES string of the molecule is NC(=O)c1ccnc(-c2ccccc2)c1Br. The van der Waals surface area contributed by atoms with Crippen molar-refractivity contribution in [1.29, 1.82) is 0 Å². The van der Waals surface area contributed by atoms with E-state index in [1.807, 2.05) is 30.3 Å². The average Bonchev–Trinajstić information content (AvgIpc) is 2.30. The fourth-order valence-corrected chi connectivity index (χ4v) is 2.09. The summed E-state index contributed by atoms with van der Waals surface area (Å²) < 4.78 is 0.633. The first-order chi connectivity index (χ1) is 7.70. The minimum atomic E-state index is -0.466. The molecule has 2 aromatic rings. The van der Waals surface area contributed by atoms with Crippen LogP contribution >= 0.6 is 15.9 Å². The van der Waals surface area contributed by atoms with Gasteiger partial charge in [-0.15, -0.1) is 0 Å². The van der Waals surface area contributed by atoms with Crippen LogP contribution in [0.1, 0.15) is 10.4 Å². The first-order valence-corrected chi connectivity index (χ1v) is 5.49. The van der Waals surface area contributed by atoms with Crippen molar-refractivity contribution in [3.05, 3.63) is 52.6 Å². The number of hydrogen-bond acceptors (Lipinski definition) is 2. The predicted octanol–water partition coefficient (Wildman–Crippen LogP) is 2.61. The number of amides is 1. The Morgan fingerprint density at radius 3 is 2.50 bits per heavy atom. The number of nitrogens with two attached hydrogens (primary N) is 1.